The molecule has 1 rings (SSSR count). The molecule has 1 aromatic heterocycles. The summed E-state index contributed by atoms with van der Waals surface area (Å²) in [7, 11) is 0. The van der Waals surface area contributed by atoms with Crippen molar-refractivity contribution in [1.82, 2.24) is 4.98 Å². The molecule has 0 aliphatic carbocycles. The normalized spacial score (nSPS) is 11.5. The van der Waals surface area contributed by atoms with Gasteiger partial charge in [-0.3, -0.25) is 4.79 Å². The van der Waals surface area contributed by atoms with Crippen molar-refractivity contribution >= 4 is 29.5 Å². The number of alkyl halides is 3. The molecule has 7 heteroatoms. The summed E-state index contributed by atoms with van der Waals surface area (Å²) in [6.07, 6.45) is -4.69. The van der Waals surface area contributed by atoms with E-state index in [0.717, 1.165) is 6.07 Å². The van der Waals surface area contributed by atoms with E-state index in [1.54, 1.807) is 0 Å². The summed E-state index contributed by atoms with van der Waals surface area (Å²) in [6, 6.07) is 0.826. The maximum absolute atomic E-state index is 12.2. The van der Waals surface area contributed by atoms with Gasteiger partial charge >= 0.3 is 6.18 Å². The van der Waals surface area contributed by atoms with Crippen LogP contribution >= 0.6 is 23.2 Å². The number of rotatable bonds is 1. The number of halogens is 5. The van der Waals surface area contributed by atoms with E-state index in [-0.39, 0.29) is 11.3 Å². The van der Waals surface area contributed by atoms with Crippen molar-refractivity contribution in [2.75, 3.05) is 0 Å². The molecule has 0 fully saturated rings. The number of pyridine rings is 1. The zero-order valence-electron chi connectivity index (χ0n) is 6.40. The van der Waals surface area contributed by atoms with E-state index in [1.807, 2.05) is 0 Å². The topological polar surface area (TPSA) is 30.0 Å². The van der Waals surface area contributed by atoms with Crippen LogP contribution in [0.25, 0.3) is 0 Å². The first-order valence-electron chi connectivity index (χ1n) is 3.24. The van der Waals surface area contributed by atoms with Crippen LogP contribution in [0.3, 0.4) is 0 Å². The lowest BCUT2D eigenvalue weighted by Crippen LogP contribution is -2.12. The number of aromatic nitrogens is 1. The molecular weight excluding hydrogens is 242 g/mol. The van der Waals surface area contributed by atoms with E-state index in [9.17, 15) is 18.0 Å². The van der Waals surface area contributed by atoms with Crippen LogP contribution in [-0.2, 0) is 6.18 Å². The van der Waals surface area contributed by atoms with Gasteiger partial charge in [-0.25, -0.2) is 4.98 Å². The van der Waals surface area contributed by atoms with Crippen LogP contribution < -0.4 is 0 Å². The summed E-state index contributed by atoms with van der Waals surface area (Å²) in [5.41, 5.74) is -1.96. The molecule has 0 aliphatic rings. The Morgan fingerprint density at radius 2 is 1.93 bits per heavy atom. The molecule has 0 saturated heterocycles. The summed E-state index contributed by atoms with van der Waals surface area (Å²) in [5.74, 6) is 0. The monoisotopic (exact) mass is 243 g/mol. The second-order valence-corrected chi connectivity index (χ2v) is 3.08. The second kappa shape index (κ2) is 3.74. The van der Waals surface area contributed by atoms with Gasteiger partial charge in [-0.05, 0) is 6.07 Å². The Labute approximate surface area is 86.6 Å². The zero-order valence-corrected chi connectivity index (χ0v) is 7.91. The van der Waals surface area contributed by atoms with Crippen LogP contribution in [0.15, 0.2) is 6.07 Å². The first-order valence-corrected chi connectivity index (χ1v) is 4.00. The van der Waals surface area contributed by atoms with E-state index >= 15 is 0 Å². The van der Waals surface area contributed by atoms with Crippen molar-refractivity contribution in [3.63, 3.8) is 0 Å². The molecule has 14 heavy (non-hydrogen) atoms. The zero-order chi connectivity index (χ0) is 10.9. The molecule has 0 aromatic carbocycles. The smallest absolute Gasteiger partial charge is 0.298 e. The number of hydrogen-bond donors (Lipinski definition) is 0. The van der Waals surface area contributed by atoms with Gasteiger partial charge in [-0.2, -0.15) is 13.2 Å². The van der Waals surface area contributed by atoms with Gasteiger partial charge in [-0.15, -0.1) is 0 Å². The molecule has 2 nitrogen and oxygen atoms in total. The van der Waals surface area contributed by atoms with Gasteiger partial charge in [-0.1, -0.05) is 23.2 Å². The molecule has 0 atom stereocenters. The van der Waals surface area contributed by atoms with E-state index in [4.69, 9.17) is 23.2 Å². The fourth-order valence-electron chi connectivity index (χ4n) is 0.797. The predicted octanol–water partition coefficient (Wildman–Crippen LogP) is 3.22. The van der Waals surface area contributed by atoms with E-state index < -0.39 is 22.6 Å². The van der Waals surface area contributed by atoms with Crippen molar-refractivity contribution in [3.8, 4) is 0 Å². The Morgan fingerprint density at radius 3 is 2.36 bits per heavy atom. The van der Waals surface area contributed by atoms with Crippen LogP contribution in [-0.4, -0.2) is 11.3 Å². The molecule has 76 valence electrons. The molecule has 0 unspecified atom stereocenters. The van der Waals surface area contributed by atoms with Gasteiger partial charge < -0.3 is 0 Å². The molecule has 0 saturated carbocycles. The minimum absolute atomic E-state index is 0.0258. The molecule has 0 bridgehead atoms. The number of carbonyl (C=O) groups is 1. The number of nitrogens with zero attached hydrogens (tertiary/aromatic N) is 1. The minimum atomic E-state index is -4.72. The summed E-state index contributed by atoms with van der Waals surface area (Å²) in [4.78, 5) is 13.3. The molecule has 1 aromatic rings. The van der Waals surface area contributed by atoms with Gasteiger partial charge in [0.25, 0.3) is 0 Å². The van der Waals surface area contributed by atoms with Crippen LogP contribution in [0.1, 0.15) is 16.1 Å². The van der Waals surface area contributed by atoms with E-state index in [0.29, 0.717) is 0 Å². The minimum Gasteiger partial charge on any atom is -0.298 e. The highest BCUT2D eigenvalue weighted by molar-refractivity contribution is 6.41. The SMILES string of the molecule is O=Cc1cc(Cl)c(Cl)nc1C(F)(F)F. The predicted molar refractivity (Wildman–Crippen MR) is 44.6 cm³/mol. The summed E-state index contributed by atoms with van der Waals surface area (Å²) < 4.78 is 36.7. The number of aldehydes is 1. The van der Waals surface area contributed by atoms with Crippen molar-refractivity contribution in [2.24, 2.45) is 0 Å². The highest BCUT2D eigenvalue weighted by atomic mass is 35.5. The van der Waals surface area contributed by atoms with E-state index in [1.165, 1.54) is 0 Å². The van der Waals surface area contributed by atoms with Gasteiger partial charge in [0.05, 0.1) is 5.02 Å². The second-order valence-electron chi connectivity index (χ2n) is 2.31. The van der Waals surface area contributed by atoms with Gasteiger partial charge in [0.15, 0.2) is 12.0 Å². The van der Waals surface area contributed by atoms with Crippen molar-refractivity contribution in [2.45, 2.75) is 6.18 Å². The lowest BCUT2D eigenvalue weighted by molar-refractivity contribution is -0.141. The maximum Gasteiger partial charge on any atom is 0.434 e. The third-order valence-corrected chi connectivity index (χ3v) is 2.03. The van der Waals surface area contributed by atoms with Gasteiger partial charge in [0.1, 0.15) is 5.15 Å². The third kappa shape index (κ3) is 2.16. The maximum atomic E-state index is 12.2. The average molecular weight is 244 g/mol. The molecule has 0 spiro atoms. The number of carbonyl (C=O) groups excluding carboxylic acids is 1. The molecule has 0 aliphatic heterocycles. The van der Waals surface area contributed by atoms with Crippen molar-refractivity contribution in [3.05, 3.63) is 27.5 Å². The fourth-order valence-corrected chi connectivity index (χ4v) is 1.10. The fraction of sp³-hybridized carbons (Fsp3) is 0.143. The Kier molecular flexibility index (Phi) is 3.01. The Morgan fingerprint density at radius 1 is 1.36 bits per heavy atom. The van der Waals surface area contributed by atoms with Crippen LogP contribution in [0.4, 0.5) is 13.2 Å². The van der Waals surface area contributed by atoms with Crippen LogP contribution in [0.5, 0.6) is 0 Å². The average Bonchev–Trinajstić information content (AvgIpc) is 2.07. The van der Waals surface area contributed by atoms with Crippen LogP contribution in [0.2, 0.25) is 10.2 Å². The molecule has 0 radical (unpaired) electrons. The summed E-state index contributed by atoms with van der Waals surface area (Å²) >= 11 is 10.7. The van der Waals surface area contributed by atoms with Gasteiger partial charge in [0, 0.05) is 5.56 Å². The standard InChI is InChI=1S/C7H2Cl2F3NO/c8-4-1-3(2-14)5(7(10,11)12)13-6(4)9/h1-2H. The third-order valence-electron chi connectivity index (χ3n) is 1.36. The first-order chi connectivity index (χ1) is 6.36. The van der Waals surface area contributed by atoms with Crippen molar-refractivity contribution in [1.29, 1.82) is 0 Å². The summed E-state index contributed by atoms with van der Waals surface area (Å²) in [6.45, 7) is 0. The Hall–Kier alpha value is -0.810. The van der Waals surface area contributed by atoms with E-state index in [2.05, 4.69) is 4.98 Å². The molecule has 0 amide bonds. The highest BCUT2D eigenvalue weighted by Crippen LogP contribution is 2.33. The number of hydrogen-bond acceptors (Lipinski definition) is 2. The quantitative estimate of drug-likeness (QED) is 0.560. The largest absolute Gasteiger partial charge is 0.434 e. The Balaban J connectivity index is 3.42. The highest BCUT2D eigenvalue weighted by Gasteiger charge is 2.36. The molecule has 1 heterocycles. The van der Waals surface area contributed by atoms with Crippen LogP contribution in [0, 0.1) is 0 Å². The Bertz CT molecular complexity index is 378. The first kappa shape index (κ1) is 11.3. The molecule has 0 N–H and O–H groups in total. The lowest BCUT2D eigenvalue weighted by Gasteiger charge is -2.08. The molecular formula is C7H2Cl2F3NO. The van der Waals surface area contributed by atoms with Gasteiger partial charge in [0.2, 0.25) is 0 Å². The summed E-state index contributed by atoms with van der Waals surface area (Å²) in [5, 5.41) is -0.675. The van der Waals surface area contributed by atoms with Crippen molar-refractivity contribution < 1.29 is 18.0 Å². The lowest BCUT2D eigenvalue weighted by atomic mass is 10.2.